The van der Waals surface area contributed by atoms with Gasteiger partial charge in [-0.25, -0.2) is 4.98 Å². The molecule has 1 aromatic carbocycles. The lowest BCUT2D eigenvalue weighted by atomic mass is 10.3. The van der Waals surface area contributed by atoms with Gasteiger partial charge in [-0.3, -0.25) is 9.59 Å². The summed E-state index contributed by atoms with van der Waals surface area (Å²) in [6.45, 7) is 1.58. The van der Waals surface area contributed by atoms with Crippen molar-refractivity contribution in [3.8, 4) is 0 Å². The molecule has 0 bridgehead atoms. The summed E-state index contributed by atoms with van der Waals surface area (Å²) in [6.07, 6.45) is 0. The van der Waals surface area contributed by atoms with E-state index in [1.807, 2.05) is 12.1 Å². The molecule has 0 aliphatic heterocycles. The number of rotatable bonds is 5. The highest BCUT2D eigenvalue weighted by Gasteiger charge is 2.10. The van der Waals surface area contributed by atoms with Crippen LogP contribution in [0.3, 0.4) is 0 Å². The van der Waals surface area contributed by atoms with Crippen LogP contribution in [-0.2, 0) is 4.79 Å². The molecule has 3 N–H and O–H groups in total. The zero-order chi connectivity index (χ0) is 14.5. The number of carbonyl (C=O) groups is 1. The maximum absolute atomic E-state index is 11.8. The number of aromatic amines is 1. The monoisotopic (exact) mass is 293 g/mol. The number of fused-ring (bicyclic) bond motifs is 1. The third kappa shape index (κ3) is 3.58. The molecule has 2 aromatic rings. The van der Waals surface area contributed by atoms with E-state index in [0.29, 0.717) is 11.0 Å². The number of nitrogens with one attached hydrogen (secondary N) is 2. The van der Waals surface area contributed by atoms with Crippen molar-refractivity contribution in [3.63, 3.8) is 0 Å². The Morgan fingerprint density at radius 2 is 2.25 bits per heavy atom. The summed E-state index contributed by atoms with van der Waals surface area (Å²) in [6, 6.07) is 6.91. The molecule has 1 aromatic heterocycles. The molecule has 0 radical (unpaired) electrons. The van der Waals surface area contributed by atoms with Crippen molar-refractivity contribution in [1.82, 2.24) is 15.3 Å². The van der Waals surface area contributed by atoms with Crippen molar-refractivity contribution in [2.75, 3.05) is 12.4 Å². The standard InChI is InChI=1S/C13H15N3O3S/c1-8(6-17)14-11(18)7-20-13-12(19)15-9-4-2-3-5-10(9)16-13/h2-5,8,17H,6-7H2,1H3,(H,14,18)(H,15,19). The third-order valence-electron chi connectivity index (χ3n) is 2.59. The van der Waals surface area contributed by atoms with E-state index in [0.717, 1.165) is 11.8 Å². The molecule has 0 aliphatic carbocycles. The summed E-state index contributed by atoms with van der Waals surface area (Å²) < 4.78 is 0. The summed E-state index contributed by atoms with van der Waals surface area (Å²) in [4.78, 5) is 30.4. The maximum Gasteiger partial charge on any atom is 0.280 e. The number of hydrogen-bond acceptors (Lipinski definition) is 5. The van der Waals surface area contributed by atoms with Crippen LogP contribution in [0.25, 0.3) is 11.0 Å². The lowest BCUT2D eigenvalue weighted by Gasteiger charge is -2.09. The first-order valence-corrected chi connectivity index (χ1v) is 7.11. The highest BCUT2D eigenvalue weighted by Crippen LogP contribution is 2.13. The van der Waals surface area contributed by atoms with E-state index in [4.69, 9.17) is 5.11 Å². The Balaban J connectivity index is 2.08. The zero-order valence-corrected chi connectivity index (χ0v) is 11.7. The molecule has 0 fully saturated rings. The maximum atomic E-state index is 11.8. The Labute approximate surface area is 119 Å². The summed E-state index contributed by atoms with van der Waals surface area (Å²) in [7, 11) is 0. The highest BCUT2D eigenvalue weighted by molar-refractivity contribution is 7.99. The van der Waals surface area contributed by atoms with Gasteiger partial charge in [0.15, 0.2) is 5.03 Å². The molecule has 1 unspecified atom stereocenters. The number of para-hydroxylation sites is 2. The molecule has 0 saturated heterocycles. The molecule has 20 heavy (non-hydrogen) atoms. The minimum absolute atomic E-state index is 0.0821. The van der Waals surface area contributed by atoms with Gasteiger partial charge in [-0.2, -0.15) is 0 Å². The number of hydrogen-bond donors (Lipinski definition) is 3. The number of amides is 1. The normalized spacial score (nSPS) is 12.3. The Morgan fingerprint density at radius 3 is 3.00 bits per heavy atom. The van der Waals surface area contributed by atoms with Crippen molar-refractivity contribution in [2.45, 2.75) is 18.0 Å². The lowest BCUT2D eigenvalue weighted by molar-refractivity contribution is -0.119. The molecule has 0 aliphatic rings. The number of aliphatic hydroxyl groups excluding tert-OH is 1. The van der Waals surface area contributed by atoms with Gasteiger partial charge in [0.1, 0.15) is 0 Å². The van der Waals surface area contributed by atoms with Crippen LogP contribution >= 0.6 is 11.8 Å². The fourth-order valence-corrected chi connectivity index (χ4v) is 2.30. The number of aromatic nitrogens is 2. The van der Waals surface area contributed by atoms with Gasteiger partial charge in [-0.1, -0.05) is 23.9 Å². The average molecular weight is 293 g/mol. The first-order chi connectivity index (χ1) is 9.60. The second kappa shape index (κ2) is 6.53. The number of nitrogens with zero attached hydrogens (tertiary/aromatic N) is 1. The van der Waals surface area contributed by atoms with E-state index in [2.05, 4.69) is 15.3 Å². The molecule has 6 nitrogen and oxygen atoms in total. The molecule has 0 saturated carbocycles. The van der Waals surface area contributed by atoms with E-state index >= 15 is 0 Å². The zero-order valence-electron chi connectivity index (χ0n) is 10.9. The highest BCUT2D eigenvalue weighted by atomic mass is 32.2. The third-order valence-corrected chi connectivity index (χ3v) is 3.55. The topological polar surface area (TPSA) is 95.1 Å². The smallest absolute Gasteiger partial charge is 0.280 e. The number of benzene rings is 1. The van der Waals surface area contributed by atoms with Gasteiger partial charge in [0.2, 0.25) is 5.91 Å². The van der Waals surface area contributed by atoms with Crippen LogP contribution in [-0.4, -0.2) is 39.4 Å². The summed E-state index contributed by atoms with van der Waals surface area (Å²) in [5, 5.41) is 11.7. The van der Waals surface area contributed by atoms with Crippen molar-refractivity contribution < 1.29 is 9.90 Å². The van der Waals surface area contributed by atoms with Crippen LogP contribution in [0.2, 0.25) is 0 Å². The van der Waals surface area contributed by atoms with E-state index in [-0.39, 0.29) is 34.9 Å². The second-order valence-electron chi connectivity index (χ2n) is 4.33. The molecule has 106 valence electrons. The first-order valence-electron chi connectivity index (χ1n) is 6.12. The van der Waals surface area contributed by atoms with Gasteiger partial charge in [0.05, 0.1) is 23.4 Å². The fourth-order valence-electron chi connectivity index (χ4n) is 1.61. The predicted octanol–water partition coefficient (Wildman–Crippen LogP) is 0.512. The molecule has 2 rings (SSSR count). The van der Waals surface area contributed by atoms with Crippen molar-refractivity contribution in [3.05, 3.63) is 34.6 Å². The number of H-pyrrole nitrogens is 1. The van der Waals surface area contributed by atoms with Crippen LogP contribution in [0.5, 0.6) is 0 Å². The van der Waals surface area contributed by atoms with Gasteiger partial charge in [-0.15, -0.1) is 0 Å². The van der Waals surface area contributed by atoms with E-state index < -0.39 is 0 Å². The van der Waals surface area contributed by atoms with E-state index in [1.54, 1.807) is 19.1 Å². The minimum Gasteiger partial charge on any atom is -0.394 e. The first kappa shape index (κ1) is 14.5. The SMILES string of the molecule is CC(CO)NC(=O)CSc1nc2ccccc2[nH]c1=O. The van der Waals surface area contributed by atoms with Crippen LogP contribution in [0.1, 0.15) is 6.92 Å². The Morgan fingerprint density at radius 1 is 1.50 bits per heavy atom. The molecule has 0 spiro atoms. The minimum atomic E-state index is -0.309. The summed E-state index contributed by atoms with van der Waals surface area (Å²) in [5.41, 5.74) is 1.04. The van der Waals surface area contributed by atoms with E-state index in [9.17, 15) is 9.59 Å². The van der Waals surface area contributed by atoms with Crippen LogP contribution in [0, 0.1) is 0 Å². The molecular formula is C13H15N3O3S. The molecule has 1 heterocycles. The fraction of sp³-hybridized carbons (Fsp3) is 0.308. The van der Waals surface area contributed by atoms with Gasteiger partial charge < -0.3 is 15.4 Å². The predicted molar refractivity (Wildman–Crippen MR) is 77.8 cm³/mol. The Bertz CT molecular complexity index is 671. The van der Waals surface area contributed by atoms with Crippen LogP contribution in [0.4, 0.5) is 0 Å². The van der Waals surface area contributed by atoms with Gasteiger partial charge >= 0.3 is 0 Å². The van der Waals surface area contributed by atoms with E-state index in [1.165, 1.54) is 0 Å². The molecule has 1 amide bonds. The van der Waals surface area contributed by atoms with Crippen molar-refractivity contribution in [1.29, 1.82) is 0 Å². The largest absolute Gasteiger partial charge is 0.394 e. The summed E-state index contributed by atoms with van der Waals surface area (Å²) in [5.74, 6) is -0.162. The van der Waals surface area contributed by atoms with Gasteiger partial charge in [0, 0.05) is 6.04 Å². The average Bonchev–Trinajstić information content (AvgIpc) is 2.44. The number of carbonyl (C=O) groups excluding carboxylic acids is 1. The van der Waals surface area contributed by atoms with Crippen molar-refractivity contribution >= 4 is 28.7 Å². The lowest BCUT2D eigenvalue weighted by Crippen LogP contribution is -2.36. The van der Waals surface area contributed by atoms with Crippen LogP contribution < -0.4 is 10.9 Å². The quantitative estimate of drug-likeness (QED) is 0.698. The number of thioether (sulfide) groups is 1. The van der Waals surface area contributed by atoms with Gasteiger partial charge in [0.25, 0.3) is 5.56 Å². The van der Waals surface area contributed by atoms with Crippen LogP contribution in [0.15, 0.2) is 34.1 Å². The second-order valence-corrected chi connectivity index (χ2v) is 5.29. The summed E-state index contributed by atoms with van der Waals surface area (Å²) >= 11 is 1.07. The Hall–Kier alpha value is -1.86. The van der Waals surface area contributed by atoms with Crippen molar-refractivity contribution in [2.24, 2.45) is 0 Å². The molecule has 7 heteroatoms. The Kier molecular flexibility index (Phi) is 4.75. The molecule has 1 atom stereocenters. The molecular weight excluding hydrogens is 278 g/mol. The number of aliphatic hydroxyl groups is 1. The van der Waals surface area contributed by atoms with Gasteiger partial charge in [-0.05, 0) is 19.1 Å².